The Labute approximate surface area is 181 Å². The van der Waals surface area contributed by atoms with E-state index in [9.17, 15) is 14.0 Å². The smallest absolute Gasteiger partial charge is 0.225 e. The van der Waals surface area contributed by atoms with E-state index in [0.717, 1.165) is 25.7 Å². The summed E-state index contributed by atoms with van der Waals surface area (Å²) in [6, 6.07) is 5.92. The largest absolute Gasteiger partial charge is 0.383 e. The van der Waals surface area contributed by atoms with Crippen LogP contribution < -0.4 is 5.73 Å². The van der Waals surface area contributed by atoms with Crippen LogP contribution in [0.5, 0.6) is 0 Å². The van der Waals surface area contributed by atoms with Gasteiger partial charge in [0.1, 0.15) is 11.6 Å². The molecule has 1 amide bonds. The molecular formula is C23H29FN4O3. The Morgan fingerprint density at radius 3 is 2.45 bits per heavy atom. The average Bonchev–Trinajstić information content (AvgIpc) is 3.19. The molecule has 31 heavy (non-hydrogen) atoms. The molecule has 2 aromatic rings. The van der Waals surface area contributed by atoms with E-state index in [-0.39, 0.29) is 35.4 Å². The highest BCUT2D eigenvalue weighted by Crippen LogP contribution is 2.30. The lowest BCUT2D eigenvalue weighted by molar-refractivity contribution is -0.138. The van der Waals surface area contributed by atoms with Crippen molar-refractivity contribution in [3.63, 3.8) is 0 Å². The van der Waals surface area contributed by atoms with E-state index in [1.165, 1.54) is 23.0 Å². The Morgan fingerprint density at radius 1 is 1.10 bits per heavy atom. The number of ether oxygens (including phenoxy) is 1. The van der Waals surface area contributed by atoms with Gasteiger partial charge in [-0.2, -0.15) is 5.10 Å². The number of likely N-dealkylation sites (tertiary alicyclic amines) is 1. The molecule has 7 nitrogen and oxygen atoms in total. The molecule has 1 aliphatic heterocycles. The number of ketones is 1. The van der Waals surface area contributed by atoms with Crippen LogP contribution >= 0.6 is 0 Å². The van der Waals surface area contributed by atoms with E-state index in [2.05, 4.69) is 5.10 Å². The van der Waals surface area contributed by atoms with Gasteiger partial charge in [0.15, 0.2) is 5.78 Å². The predicted molar refractivity (Wildman–Crippen MR) is 114 cm³/mol. The van der Waals surface area contributed by atoms with E-state index in [0.29, 0.717) is 37.2 Å². The number of rotatable bonds is 5. The minimum Gasteiger partial charge on any atom is -0.383 e. The second-order valence-corrected chi connectivity index (χ2v) is 8.51. The highest BCUT2D eigenvalue weighted by Gasteiger charge is 2.34. The van der Waals surface area contributed by atoms with Crippen LogP contribution in [-0.4, -0.2) is 52.7 Å². The number of Topliss-reactive ketones (excluding diaryl/α,β-unsaturated/α-hetero) is 1. The molecule has 0 atom stereocenters. The normalized spacial score (nSPS) is 22.5. The molecule has 1 aromatic heterocycles. The third-order valence-electron chi connectivity index (χ3n) is 6.66. The van der Waals surface area contributed by atoms with Gasteiger partial charge in [-0.05, 0) is 56.7 Å². The lowest BCUT2D eigenvalue weighted by atomic mass is 9.85. The number of anilines is 1. The number of methoxy groups -OCH3 is 1. The topological polar surface area (TPSA) is 90.5 Å². The lowest BCUT2D eigenvalue weighted by Gasteiger charge is -2.35. The number of aromatic nitrogens is 2. The van der Waals surface area contributed by atoms with E-state index in [1.807, 2.05) is 4.90 Å². The van der Waals surface area contributed by atoms with Gasteiger partial charge in [-0.15, -0.1) is 0 Å². The van der Waals surface area contributed by atoms with Gasteiger partial charge in [0.05, 0.1) is 23.6 Å². The number of nitrogens with two attached hydrogens (primary N) is 1. The Bertz CT molecular complexity index is 944. The monoisotopic (exact) mass is 428 g/mol. The molecule has 1 aliphatic carbocycles. The maximum atomic E-state index is 13.5. The standard InChI is InChI=1S/C23H29FN4O3/c1-31-19-7-5-16(6-8-19)23(30)27-11-9-15(10-12-27)21(29)20-14-26-28(22(20)25)18-4-2-3-17(24)13-18/h2-4,13-16,19H,5-12,25H2,1H3. The Balaban J connectivity index is 1.36. The van der Waals surface area contributed by atoms with Crippen molar-refractivity contribution in [3.05, 3.63) is 41.8 Å². The molecule has 0 bridgehead atoms. The highest BCUT2D eigenvalue weighted by atomic mass is 19.1. The van der Waals surface area contributed by atoms with Gasteiger partial charge in [0, 0.05) is 32.0 Å². The summed E-state index contributed by atoms with van der Waals surface area (Å²) in [6.07, 6.45) is 6.54. The zero-order valence-corrected chi connectivity index (χ0v) is 17.8. The minimum absolute atomic E-state index is 0.0622. The molecule has 4 rings (SSSR count). The summed E-state index contributed by atoms with van der Waals surface area (Å²) in [5.41, 5.74) is 7.00. The molecular weight excluding hydrogens is 399 g/mol. The number of nitrogens with zero attached hydrogens (tertiary/aromatic N) is 3. The van der Waals surface area contributed by atoms with Crippen LogP contribution in [-0.2, 0) is 9.53 Å². The molecule has 2 heterocycles. The molecule has 1 saturated heterocycles. The third kappa shape index (κ3) is 4.49. The first-order chi connectivity index (χ1) is 15.0. The number of piperidine rings is 1. The fraction of sp³-hybridized carbons (Fsp3) is 0.522. The molecule has 0 unspecified atom stereocenters. The van der Waals surface area contributed by atoms with E-state index in [1.54, 1.807) is 19.2 Å². The van der Waals surface area contributed by atoms with Gasteiger partial charge in [-0.25, -0.2) is 9.07 Å². The van der Waals surface area contributed by atoms with Crippen LogP contribution in [0.1, 0.15) is 48.9 Å². The molecule has 1 aromatic carbocycles. The van der Waals surface area contributed by atoms with Crippen molar-refractivity contribution >= 4 is 17.5 Å². The molecule has 2 fully saturated rings. The number of halogens is 1. The molecule has 0 radical (unpaired) electrons. The molecule has 0 spiro atoms. The van der Waals surface area contributed by atoms with Crippen molar-refractivity contribution in [1.29, 1.82) is 0 Å². The maximum Gasteiger partial charge on any atom is 0.225 e. The van der Waals surface area contributed by atoms with Crippen LogP contribution in [0.3, 0.4) is 0 Å². The first-order valence-corrected chi connectivity index (χ1v) is 10.9. The van der Waals surface area contributed by atoms with Crippen LogP contribution in [0.25, 0.3) is 5.69 Å². The van der Waals surface area contributed by atoms with Gasteiger partial charge >= 0.3 is 0 Å². The van der Waals surface area contributed by atoms with Crippen molar-refractivity contribution < 1.29 is 18.7 Å². The first kappa shape index (κ1) is 21.5. The highest BCUT2D eigenvalue weighted by molar-refractivity contribution is 6.01. The van der Waals surface area contributed by atoms with Crippen molar-refractivity contribution in [2.24, 2.45) is 11.8 Å². The minimum atomic E-state index is -0.395. The SMILES string of the molecule is COC1CCC(C(=O)N2CCC(C(=O)c3cnn(-c4cccc(F)c4)c3N)CC2)CC1. The van der Waals surface area contributed by atoms with E-state index in [4.69, 9.17) is 10.5 Å². The van der Waals surface area contributed by atoms with Crippen molar-refractivity contribution in [3.8, 4) is 5.69 Å². The zero-order chi connectivity index (χ0) is 22.0. The van der Waals surface area contributed by atoms with Crippen molar-refractivity contribution in [2.75, 3.05) is 25.9 Å². The number of benzene rings is 1. The van der Waals surface area contributed by atoms with Crippen molar-refractivity contribution in [1.82, 2.24) is 14.7 Å². The summed E-state index contributed by atoms with van der Waals surface area (Å²) in [5.74, 6) is -0.164. The summed E-state index contributed by atoms with van der Waals surface area (Å²) in [4.78, 5) is 27.8. The predicted octanol–water partition coefficient (Wildman–Crippen LogP) is 3.22. The second-order valence-electron chi connectivity index (χ2n) is 8.51. The Morgan fingerprint density at radius 2 is 1.81 bits per heavy atom. The second kappa shape index (κ2) is 9.18. The maximum absolute atomic E-state index is 13.5. The Hall–Kier alpha value is -2.74. The van der Waals surface area contributed by atoms with Gasteiger partial charge in [-0.1, -0.05) is 6.07 Å². The number of carbonyl (C=O) groups is 2. The fourth-order valence-electron chi connectivity index (χ4n) is 4.75. The van der Waals surface area contributed by atoms with Crippen LogP contribution in [0.15, 0.2) is 30.5 Å². The number of nitrogen functional groups attached to an aromatic ring is 1. The lowest BCUT2D eigenvalue weighted by Crippen LogP contribution is -2.44. The van der Waals surface area contributed by atoms with Crippen LogP contribution in [0.2, 0.25) is 0 Å². The quantitative estimate of drug-likeness (QED) is 0.739. The van der Waals surface area contributed by atoms with Crippen LogP contribution in [0, 0.1) is 17.7 Å². The fourth-order valence-corrected chi connectivity index (χ4v) is 4.75. The number of amides is 1. The molecule has 166 valence electrons. The van der Waals surface area contributed by atoms with Gasteiger partial charge < -0.3 is 15.4 Å². The summed E-state index contributed by atoms with van der Waals surface area (Å²) in [5, 5.41) is 4.19. The third-order valence-corrected chi connectivity index (χ3v) is 6.66. The molecule has 2 aliphatic rings. The number of hydrogen-bond donors (Lipinski definition) is 1. The zero-order valence-electron chi connectivity index (χ0n) is 17.8. The molecule has 2 N–H and O–H groups in total. The van der Waals surface area contributed by atoms with E-state index >= 15 is 0 Å². The number of carbonyl (C=O) groups excluding carboxylic acids is 2. The Kier molecular flexibility index (Phi) is 6.36. The van der Waals surface area contributed by atoms with Gasteiger partial charge in [-0.3, -0.25) is 9.59 Å². The first-order valence-electron chi connectivity index (χ1n) is 10.9. The van der Waals surface area contributed by atoms with Gasteiger partial charge in [0.2, 0.25) is 5.91 Å². The summed E-state index contributed by atoms with van der Waals surface area (Å²) >= 11 is 0. The van der Waals surface area contributed by atoms with E-state index < -0.39 is 5.82 Å². The number of hydrogen-bond acceptors (Lipinski definition) is 5. The summed E-state index contributed by atoms with van der Waals surface area (Å²) in [7, 11) is 1.73. The molecule has 1 saturated carbocycles. The summed E-state index contributed by atoms with van der Waals surface area (Å²) < 4.78 is 20.3. The average molecular weight is 429 g/mol. The van der Waals surface area contributed by atoms with Gasteiger partial charge in [0.25, 0.3) is 0 Å². The molecule has 8 heteroatoms. The van der Waals surface area contributed by atoms with Crippen LogP contribution in [0.4, 0.5) is 10.2 Å². The summed E-state index contributed by atoms with van der Waals surface area (Å²) in [6.45, 7) is 1.16. The van der Waals surface area contributed by atoms with Crippen molar-refractivity contribution in [2.45, 2.75) is 44.6 Å².